The lowest BCUT2D eigenvalue weighted by Gasteiger charge is -2.10. The van der Waals surface area contributed by atoms with Gasteiger partial charge in [-0.15, -0.1) is 0 Å². The molecule has 120 valence electrons. The summed E-state index contributed by atoms with van der Waals surface area (Å²) in [6.45, 7) is 2.58. The summed E-state index contributed by atoms with van der Waals surface area (Å²) in [7, 11) is 0. The second-order valence-electron chi connectivity index (χ2n) is 6.02. The minimum absolute atomic E-state index is 0.0743. The Morgan fingerprint density at radius 1 is 1.00 bits per heavy atom. The number of carbonyl (C=O) groups excluding carboxylic acids is 1. The zero-order chi connectivity index (χ0) is 16.5. The second kappa shape index (κ2) is 6.00. The van der Waals surface area contributed by atoms with Gasteiger partial charge in [-0.3, -0.25) is 4.79 Å². The van der Waals surface area contributed by atoms with Crippen LogP contribution in [0.25, 0.3) is 10.8 Å². The molecule has 0 saturated carbocycles. The van der Waals surface area contributed by atoms with Crippen LogP contribution in [0.3, 0.4) is 0 Å². The quantitative estimate of drug-likeness (QED) is 0.764. The minimum Gasteiger partial charge on any atom is -0.494 e. The first-order chi connectivity index (χ1) is 11.8. The van der Waals surface area contributed by atoms with Crippen LogP contribution in [0.4, 0.5) is 5.69 Å². The number of carbonyl (C=O) groups is 1. The zero-order valence-corrected chi connectivity index (χ0v) is 13.6. The molecule has 1 amide bonds. The number of anilines is 1. The predicted molar refractivity (Wildman–Crippen MR) is 96.9 cm³/mol. The molecule has 0 bridgehead atoms. The monoisotopic (exact) mass is 317 g/mol. The van der Waals surface area contributed by atoms with Gasteiger partial charge in [0.1, 0.15) is 5.75 Å². The number of amides is 1. The van der Waals surface area contributed by atoms with Gasteiger partial charge in [-0.25, -0.2) is 0 Å². The van der Waals surface area contributed by atoms with Crippen LogP contribution in [0.5, 0.6) is 5.75 Å². The molecule has 0 aromatic heterocycles. The molecule has 1 aliphatic carbocycles. The molecule has 1 aliphatic rings. The van der Waals surface area contributed by atoms with Crippen LogP contribution in [0.15, 0.2) is 54.6 Å². The minimum atomic E-state index is -0.0743. The average Bonchev–Trinajstić information content (AvgIpc) is 3.02. The van der Waals surface area contributed by atoms with Crippen LogP contribution >= 0.6 is 0 Å². The Bertz CT molecular complexity index is 903. The van der Waals surface area contributed by atoms with E-state index in [4.69, 9.17) is 4.74 Å². The fourth-order valence-electron chi connectivity index (χ4n) is 3.44. The first kappa shape index (κ1) is 14.8. The molecule has 3 aromatic carbocycles. The van der Waals surface area contributed by atoms with Crippen molar-refractivity contribution in [3.8, 4) is 5.75 Å². The van der Waals surface area contributed by atoms with Crippen LogP contribution in [0.2, 0.25) is 0 Å². The molecule has 3 heteroatoms. The summed E-state index contributed by atoms with van der Waals surface area (Å²) in [6, 6.07) is 17.7. The molecule has 0 atom stereocenters. The van der Waals surface area contributed by atoms with Gasteiger partial charge in [-0.1, -0.05) is 24.3 Å². The maximum absolute atomic E-state index is 12.7. The van der Waals surface area contributed by atoms with Crippen LogP contribution in [-0.2, 0) is 12.8 Å². The van der Waals surface area contributed by atoms with Gasteiger partial charge < -0.3 is 10.1 Å². The van der Waals surface area contributed by atoms with Gasteiger partial charge in [0.25, 0.3) is 5.91 Å². The molecule has 0 radical (unpaired) electrons. The van der Waals surface area contributed by atoms with Crippen molar-refractivity contribution in [3.63, 3.8) is 0 Å². The molecule has 0 fully saturated rings. The highest BCUT2D eigenvalue weighted by atomic mass is 16.5. The van der Waals surface area contributed by atoms with Crippen molar-refractivity contribution < 1.29 is 9.53 Å². The number of hydrogen-bond acceptors (Lipinski definition) is 2. The van der Waals surface area contributed by atoms with Gasteiger partial charge in [-0.05, 0) is 72.0 Å². The van der Waals surface area contributed by atoms with Crippen LogP contribution < -0.4 is 10.1 Å². The Balaban J connectivity index is 1.64. The van der Waals surface area contributed by atoms with Crippen LogP contribution in [0.1, 0.15) is 28.4 Å². The summed E-state index contributed by atoms with van der Waals surface area (Å²) in [5.74, 6) is 0.732. The van der Waals surface area contributed by atoms with Crippen molar-refractivity contribution in [1.29, 1.82) is 0 Å². The standard InChI is InChI=1S/C21H19NO2/c1-2-24-17-11-9-16(10-12-17)22-21(23)19-13-8-15-7-6-14-4-3-5-18(19)20(14)15/h3-5,8-13H,2,6-7H2,1H3,(H,22,23). The molecule has 0 saturated heterocycles. The molecule has 0 heterocycles. The highest BCUT2D eigenvalue weighted by molar-refractivity contribution is 6.14. The topological polar surface area (TPSA) is 38.3 Å². The first-order valence-electron chi connectivity index (χ1n) is 8.34. The van der Waals surface area contributed by atoms with E-state index in [-0.39, 0.29) is 5.91 Å². The zero-order valence-electron chi connectivity index (χ0n) is 13.6. The summed E-state index contributed by atoms with van der Waals surface area (Å²) in [5.41, 5.74) is 4.19. The van der Waals surface area contributed by atoms with Crippen LogP contribution in [0, 0.1) is 0 Å². The summed E-state index contributed by atoms with van der Waals surface area (Å²) in [5, 5.41) is 5.29. The molecule has 1 N–H and O–H groups in total. The third-order valence-corrected chi connectivity index (χ3v) is 4.54. The van der Waals surface area contributed by atoms with E-state index in [0.717, 1.165) is 35.2 Å². The van der Waals surface area contributed by atoms with Gasteiger partial charge in [0.2, 0.25) is 0 Å². The Hall–Kier alpha value is -2.81. The van der Waals surface area contributed by atoms with Crippen LogP contribution in [-0.4, -0.2) is 12.5 Å². The first-order valence-corrected chi connectivity index (χ1v) is 8.34. The van der Waals surface area contributed by atoms with Gasteiger partial charge in [0.05, 0.1) is 6.61 Å². The largest absolute Gasteiger partial charge is 0.494 e. The maximum atomic E-state index is 12.7. The Morgan fingerprint density at radius 3 is 2.50 bits per heavy atom. The molecular formula is C21H19NO2. The van der Waals surface area contributed by atoms with Crippen molar-refractivity contribution in [2.24, 2.45) is 0 Å². The lowest BCUT2D eigenvalue weighted by Crippen LogP contribution is -2.12. The summed E-state index contributed by atoms with van der Waals surface area (Å²) >= 11 is 0. The summed E-state index contributed by atoms with van der Waals surface area (Å²) in [6.07, 6.45) is 2.13. The Kier molecular flexibility index (Phi) is 3.69. The normalized spacial score (nSPS) is 12.4. The second-order valence-corrected chi connectivity index (χ2v) is 6.02. The van der Waals surface area contributed by atoms with Gasteiger partial charge in [-0.2, -0.15) is 0 Å². The highest BCUT2D eigenvalue weighted by Gasteiger charge is 2.18. The summed E-state index contributed by atoms with van der Waals surface area (Å²) in [4.78, 5) is 12.7. The highest BCUT2D eigenvalue weighted by Crippen LogP contribution is 2.33. The third-order valence-electron chi connectivity index (χ3n) is 4.54. The summed E-state index contributed by atoms with van der Waals surface area (Å²) < 4.78 is 5.43. The van der Waals surface area contributed by atoms with Gasteiger partial charge >= 0.3 is 0 Å². The third kappa shape index (κ3) is 2.52. The van der Waals surface area contributed by atoms with Crippen molar-refractivity contribution in [2.45, 2.75) is 19.8 Å². The lowest BCUT2D eigenvalue weighted by atomic mass is 9.99. The van der Waals surface area contributed by atoms with Crippen molar-refractivity contribution in [1.82, 2.24) is 0 Å². The number of ether oxygens (including phenoxy) is 1. The molecule has 0 unspecified atom stereocenters. The molecule has 3 nitrogen and oxygen atoms in total. The number of rotatable bonds is 4. The van der Waals surface area contributed by atoms with E-state index in [1.54, 1.807) is 0 Å². The van der Waals surface area contributed by atoms with E-state index >= 15 is 0 Å². The molecular weight excluding hydrogens is 298 g/mol. The maximum Gasteiger partial charge on any atom is 0.256 e. The SMILES string of the molecule is CCOc1ccc(NC(=O)c2ccc3c4c(cccc24)CC3)cc1. The van der Waals surface area contributed by atoms with Crippen molar-refractivity contribution in [2.75, 3.05) is 11.9 Å². The van der Waals surface area contributed by atoms with E-state index in [1.165, 1.54) is 16.5 Å². The number of benzene rings is 3. The fraction of sp³-hybridized carbons (Fsp3) is 0.190. The van der Waals surface area contributed by atoms with Gasteiger partial charge in [0.15, 0.2) is 0 Å². The van der Waals surface area contributed by atoms with E-state index in [9.17, 15) is 4.79 Å². The van der Waals surface area contributed by atoms with Gasteiger partial charge in [0, 0.05) is 11.3 Å². The molecule has 0 aliphatic heterocycles. The Morgan fingerprint density at radius 2 is 1.75 bits per heavy atom. The molecule has 3 aromatic rings. The van der Waals surface area contributed by atoms with E-state index in [2.05, 4.69) is 17.4 Å². The van der Waals surface area contributed by atoms with Crippen molar-refractivity contribution >= 4 is 22.4 Å². The van der Waals surface area contributed by atoms with E-state index in [1.807, 2.05) is 49.4 Å². The molecule has 4 rings (SSSR count). The molecule has 0 spiro atoms. The number of nitrogens with one attached hydrogen (secondary N) is 1. The number of aryl methyl sites for hydroxylation is 2. The van der Waals surface area contributed by atoms with E-state index < -0.39 is 0 Å². The lowest BCUT2D eigenvalue weighted by molar-refractivity contribution is 0.102. The fourth-order valence-corrected chi connectivity index (χ4v) is 3.44. The molecule has 24 heavy (non-hydrogen) atoms. The average molecular weight is 317 g/mol. The van der Waals surface area contributed by atoms with Crippen molar-refractivity contribution in [3.05, 3.63) is 71.3 Å². The van der Waals surface area contributed by atoms with E-state index in [0.29, 0.717) is 6.61 Å². The predicted octanol–water partition coefficient (Wildman–Crippen LogP) is 4.59. The number of hydrogen-bond donors (Lipinski definition) is 1. The smallest absolute Gasteiger partial charge is 0.256 e. The Labute approximate surface area is 141 Å².